The average molecular weight is 121 g/mol. The maximum atomic E-state index is 4.08. The van der Waals surface area contributed by atoms with E-state index in [9.17, 15) is 0 Å². The summed E-state index contributed by atoms with van der Waals surface area (Å²) in [6.07, 6.45) is 5.58. The van der Waals surface area contributed by atoms with Crippen LogP contribution >= 0.6 is 0 Å². The average Bonchev–Trinajstić information content (AvgIpc) is 2.33. The van der Waals surface area contributed by atoms with E-state index in [1.54, 1.807) is 0 Å². The van der Waals surface area contributed by atoms with Crippen molar-refractivity contribution in [2.45, 2.75) is 0 Å². The van der Waals surface area contributed by atoms with Gasteiger partial charge in [0.2, 0.25) is 0 Å². The van der Waals surface area contributed by atoms with Gasteiger partial charge in [-0.3, -0.25) is 9.98 Å². The molecular formula is C6H7N3. The van der Waals surface area contributed by atoms with E-state index in [0.717, 1.165) is 18.9 Å². The fourth-order valence-corrected chi connectivity index (χ4v) is 0.949. The molecule has 0 radical (unpaired) electrons. The van der Waals surface area contributed by atoms with Gasteiger partial charge >= 0.3 is 0 Å². The van der Waals surface area contributed by atoms with E-state index in [0.29, 0.717) is 0 Å². The molecule has 0 spiro atoms. The summed E-state index contributed by atoms with van der Waals surface area (Å²) in [5.74, 6) is 0. The molecule has 0 aromatic carbocycles. The van der Waals surface area contributed by atoms with Crippen molar-refractivity contribution in [2.75, 3.05) is 13.2 Å². The summed E-state index contributed by atoms with van der Waals surface area (Å²) in [5, 5.41) is 0. The van der Waals surface area contributed by atoms with Gasteiger partial charge in [-0.25, -0.2) is 0 Å². The smallest absolute Gasteiger partial charge is 0.110 e. The van der Waals surface area contributed by atoms with Crippen LogP contribution in [0.15, 0.2) is 21.9 Å². The van der Waals surface area contributed by atoms with Gasteiger partial charge < -0.3 is 4.90 Å². The highest BCUT2D eigenvalue weighted by Crippen LogP contribution is 2.09. The Balaban J connectivity index is 2.31. The predicted octanol–water partition coefficient (Wildman–Crippen LogP) is 0.256. The van der Waals surface area contributed by atoms with Gasteiger partial charge in [-0.05, 0) is 0 Å². The SMILES string of the molecule is C1=NC=C2C=NCN2C1. The molecule has 9 heavy (non-hydrogen) atoms. The molecule has 46 valence electrons. The van der Waals surface area contributed by atoms with Crippen LogP contribution in [0.25, 0.3) is 0 Å². The topological polar surface area (TPSA) is 28.0 Å². The molecule has 0 aromatic heterocycles. The first kappa shape index (κ1) is 4.73. The van der Waals surface area contributed by atoms with Crippen molar-refractivity contribution in [2.24, 2.45) is 9.98 Å². The van der Waals surface area contributed by atoms with E-state index >= 15 is 0 Å². The number of nitrogens with zero attached hydrogens (tertiary/aromatic N) is 3. The highest BCUT2D eigenvalue weighted by molar-refractivity contribution is 5.82. The van der Waals surface area contributed by atoms with E-state index in [1.165, 1.54) is 0 Å². The van der Waals surface area contributed by atoms with E-state index in [-0.39, 0.29) is 0 Å². The molecule has 2 rings (SSSR count). The lowest BCUT2D eigenvalue weighted by Crippen LogP contribution is -2.23. The predicted molar refractivity (Wildman–Crippen MR) is 36.6 cm³/mol. The lowest BCUT2D eigenvalue weighted by molar-refractivity contribution is 0.443. The molecule has 0 saturated carbocycles. The van der Waals surface area contributed by atoms with Crippen molar-refractivity contribution in [1.29, 1.82) is 0 Å². The second-order valence-corrected chi connectivity index (χ2v) is 2.06. The summed E-state index contributed by atoms with van der Waals surface area (Å²) >= 11 is 0. The van der Waals surface area contributed by atoms with Gasteiger partial charge in [-0.2, -0.15) is 0 Å². The van der Waals surface area contributed by atoms with Crippen LogP contribution in [-0.2, 0) is 0 Å². The Bertz CT molecular complexity index is 202. The minimum absolute atomic E-state index is 0.803. The summed E-state index contributed by atoms with van der Waals surface area (Å²) in [6, 6.07) is 0. The lowest BCUT2D eigenvalue weighted by atomic mass is 10.4. The van der Waals surface area contributed by atoms with E-state index in [4.69, 9.17) is 0 Å². The van der Waals surface area contributed by atoms with Gasteiger partial charge in [0.1, 0.15) is 6.67 Å². The minimum atomic E-state index is 0.803. The highest BCUT2D eigenvalue weighted by Gasteiger charge is 2.12. The van der Waals surface area contributed by atoms with Crippen LogP contribution in [0.4, 0.5) is 0 Å². The molecule has 0 fully saturated rings. The van der Waals surface area contributed by atoms with Crippen molar-refractivity contribution in [1.82, 2.24) is 4.90 Å². The molecule has 0 atom stereocenters. The Hall–Kier alpha value is -1.12. The summed E-state index contributed by atoms with van der Waals surface area (Å²) < 4.78 is 0. The first-order chi connectivity index (χ1) is 4.47. The summed E-state index contributed by atoms with van der Waals surface area (Å²) in [6.45, 7) is 1.71. The van der Waals surface area contributed by atoms with Gasteiger partial charge in [0.25, 0.3) is 0 Å². The summed E-state index contributed by atoms with van der Waals surface area (Å²) in [7, 11) is 0. The van der Waals surface area contributed by atoms with Gasteiger partial charge in [0, 0.05) is 12.4 Å². The highest BCUT2D eigenvalue weighted by atomic mass is 15.3. The molecule has 2 aliphatic heterocycles. The van der Waals surface area contributed by atoms with Crippen LogP contribution in [0.1, 0.15) is 0 Å². The Kier molecular flexibility index (Phi) is 0.886. The zero-order valence-electron chi connectivity index (χ0n) is 4.99. The van der Waals surface area contributed by atoms with Crippen LogP contribution in [0, 0.1) is 0 Å². The van der Waals surface area contributed by atoms with Crippen LogP contribution in [0.5, 0.6) is 0 Å². The first-order valence-corrected chi connectivity index (χ1v) is 2.93. The Morgan fingerprint density at radius 1 is 1.56 bits per heavy atom. The number of rotatable bonds is 0. The number of aliphatic imine (C=N–C) groups is 2. The fourth-order valence-electron chi connectivity index (χ4n) is 0.949. The Morgan fingerprint density at radius 3 is 3.44 bits per heavy atom. The van der Waals surface area contributed by atoms with E-state index in [2.05, 4.69) is 14.9 Å². The van der Waals surface area contributed by atoms with Crippen molar-refractivity contribution >= 4 is 12.4 Å². The van der Waals surface area contributed by atoms with Gasteiger partial charge in [0.05, 0.1) is 18.4 Å². The minimum Gasteiger partial charge on any atom is -0.344 e. The number of hydrogen-bond acceptors (Lipinski definition) is 3. The third kappa shape index (κ3) is 0.650. The van der Waals surface area contributed by atoms with Crippen LogP contribution in [0.2, 0.25) is 0 Å². The van der Waals surface area contributed by atoms with Crippen molar-refractivity contribution in [3.8, 4) is 0 Å². The number of fused-ring (bicyclic) bond motifs is 1. The van der Waals surface area contributed by atoms with Gasteiger partial charge in [-0.15, -0.1) is 0 Å². The molecule has 0 bridgehead atoms. The fraction of sp³-hybridized carbons (Fsp3) is 0.333. The zero-order chi connectivity index (χ0) is 6.10. The van der Waals surface area contributed by atoms with Crippen molar-refractivity contribution in [3.05, 3.63) is 11.9 Å². The Labute approximate surface area is 53.4 Å². The lowest BCUT2D eigenvalue weighted by Gasteiger charge is -2.16. The molecule has 2 aliphatic rings. The summed E-state index contributed by atoms with van der Waals surface area (Å²) in [5.41, 5.74) is 1.14. The molecule has 3 nitrogen and oxygen atoms in total. The summed E-state index contributed by atoms with van der Waals surface area (Å²) in [4.78, 5) is 10.2. The second-order valence-electron chi connectivity index (χ2n) is 2.06. The van der Waals surface area contributed by atoms with Crippen molar-refractivity contribution < 1.29 is 0 Å². The maximum absolute atomic E-state index is 4.08. The molecule has 0 aromatic rings. The largest absolute Gasteiger partial charge is 0.344 e. The molecule has 0 amide bonds. The molecule has 0 unspecified atom stereocenters. The van der Waals surface area contributed by atoms with Crippen LogP contribution in [0.3, 0.4) is 0 Å². The quantitative estimate of drug-likeness (QED) is 0.451. The third-order valence-corrected chi connectivity index (χ3v) is 1.46. The normalized spacial score (nSPS) is 22.2. The molecule has 0 aliphatic carbocycles. The first-order valence-electron chi connectivity index (χ1n) is 2.93. The van der Waals surface area contributed by atoms with Gasteiger partial charge in [0.15, 0.2) is 0 Å². The third-order valence-electron chi connectivity index (χ3n) is 1.46. The van der Waals surface area contributed by atoms with E-state index < -0.39 is 0 Å². The molecule has 0 saturated heterocycles. The second kappa shape index (κ2) is 1.69. The zero-order valence-corrected chi connectivity index (χ0v) is 4.99. The molecule has 3 heteroatoms. The van der Waals surface area contributed by atoms with Crippen LogP contribution < -0.4 is 0 Å². The Morgan fingerprint density at radius 2 is 2.56 bits per heavy atom. The number of hydrogen-bond donors (Lipinski definition) is 0. The standard InChI is InChI=1S/C6H7N3/c1-2-9-5-8-4-6(9)3-7-1/h1,3-4H,2,5H2. The van der Waals surface area contributed by atoms with Crippen LogP contribution in [-0.4, -0.2) is 30.5 Å². The van der Waals surface area contributed by atoms with Crippen molar-refractivity contribution in [3.63, 3.8) is 0 Å². The molecule has 2 heterocycles. The molecular weight excluding hydrogens is 114 g/mol. The van der Waals surface area contributed by atoms with E-state index in [1.807, 2.05) is 18.6 Å². The maximum Gasteiger partial charge on any atom is 0.110 e. The number of allylic oxidation sites excluding steroid dienone is 1. The molecule has 0 N–H and O–H groups in total. The van der Waals surface area contributed by atoms with Gasteiger partial charge in [-0.1, -0.05) is 0 Å². The monoisotopic (exact) mass is 121 g/mol.